The first-order valence-electron chi connectivity index (χ1n) is 8.17. The van der Waals surface area contributed by atoms with Crippen LogP contribution in [0.1, 0.15) is 71.1 Å². The van der Waals surface area contributed by atoms with Crippen LogP contribution >= 0.6 is 28.3 Å². The van der Waals surface area contributed by atoms with Crippen LogP contribution in [0.4, 0.5) is 0 Å². The van der Waals surface area contributed by atoms with Crippen molar-refractivity contribution in [1.29, 1.82) is 0 Å². The molecule has 1 atom stereocenters. The maximum absolute atomic E-state index is 2.58. The van der Waals surface area contributed by atoms with Gasteiger partial charge in [0.1, 0.15) is 0 Å². The molecule has 0 heterocycles. The second kappa shape index (κ2) is 8.45. The molecule has 0 aromatic carbocycles. The predicted molar refractivity (Wildman–Crippen MR) is 93.0 cm³/mol. The zero-order valence-electron chi connectivity index (χ0n) is 12.0. The molecule has 0 aromatic rings. The van der Waals surface area contributed by atoms with E-state index in [1.54, 1.807) is 51.4 Å². The summed E-state index contributed by atoms with van der Waals surface area (Å²) in [5, 5.41) is 0. The number of halogens is 1. The number of rotatable bonds is 5. The summed E-state index contributed by atoms with van der Waals surface area (Å²) in [6.45, 7) is 2.35. The highest BCUT2D eigenvalue weighted by molar-refractivity contribution is 14.2. The lowest BCUT2D eigenvalue weighted by Crippen LogP contribution is -2.26. The average molecular weight is 380 g/mol. The third-order valence-corrected chi connectivity index (χ3v) is 7.57. The zero-order chi connectivity index (χ0) is 12.8. The van der Waals surface area contributed by atoms with Crippen LogP contribution in [0, 0.1) is 23.7 Å². The van der Waals surface area contributed by atoms with Gasteiger partial charge in [-0.3, -0.25) is 0 Å². The topological polar surface area (TPSA) is 0 Å². The van der Waals surface area contributed by atoms with Gasteiger partial charge in [0.2, 0.25) is 0 Å². The predicted octanol–water partition coefficient (Wildman–Crippen LogP) is 6.43. The van der Waals surface area contributed by atoms with Crippen molar-refractivity contribution in [3.63, 3.8) is 0 Å². The van der Waals surface area contributed by atoms with E-state index in [9.17, 15) is 0 Å². The Morgan fingerprint density at radius 3 is 1.78 bits per heavy atom. The smallest absolute Gasteiger partial charge is 0.0234 e. The minimum atomic E-state index is 1.09. The van der Waals surface area contributed by atoms with Gasteiger partial charge < -0.3 is 0 Å². The van der Waals surface area contributed by atoms with E-state index in [1.807, 2.05) is 0 Å². The molecule has 0 bridgehead atoms. The first-order valence-corrected chi connectivity index (χ1v) is 12.5. The highest BCUT2D eigenvalue weighted by Gasteiger charge is 2.30. The Labute approximate surface area is 129 Å². The molecule has 1 unspecified atom stereocenters. The quantitative estimate of drug-likeness (QED) is 0.381. The van der Waals surface area contributed by atoms with Gasteiger partial charge in [0.25, 0.3) is 0 Å². The average Bonchev–Trinajstić information content (AvgIpc) is 2.41. The molecule has 2 aliphatic carbocycles. The van der Waals surface area contributed by atoms with E-state index < -0.39 is 0 Å². The minimum absolute atomic E-state index is 1.09. The molecular formula is C16H30IP. The lowest BCUT2D eigenvalue weighted by Gasteiger charge is -2.37. The van der Waals surface area contributed by atoms with Gasteiger partial charge in [-0.15, -0.1) is 0 Å². The SMILES string of the molecule is CCCC1CCC(C2CCC(CPI)CC2)CC1. The van der Waals surface area contributed by atoms with Gasteiger partial charge in [-0.2, -0.15) is 0 Å². The van der Waals surface area contributed by atoms with E-state index in [0.717, 1.165) is 29.9 Å². The molecule has 0 aromatic heterocycles. The Morgan fingerprint density at radius 1 is 0.833 bits per heavy atom. The largest absolute Gasteiger partial charge is 0.0654 e. The first kappa shape index (κ1) is 15.5. The summed E-state index contributed by atoms with van der Waals surface area (Å²) < 4.78 is 0. The van der Waals surface area contributed by atoms with Crippen LogP contribution in [-0.4, -0.2) is 6.16 Å². The molecule has 2 saturated carbocycles. The second-order valence-corrected chi connectivity index (χ2v) is 9.65. The molecule has 0 amide bonds. The summed E-state index contributed by atoms with van der Waals surface area (Å²) in [5.74, 6) is 4.40. The van der Waals surface area contributed by atoms with E-state index in [-0.39, 0.29) is 0 Å². The Kier molecular flexibility index (Phi) is 7.30. The van der Waals surface area contributed by atoms with E-state index >= 15 is 0 Å². The summed E-state index contributed by atoms with van der Waals surface area (Å²) in [7, 11) is 0. The summed E-state index contributed by atoms with van der Waals surface area (Å²) in [4.78, 5) is 0. The Bertz CT molecular complexity index is 191. The van der Waals surface area contributed by atoms with Crippen molar-refractivity contribution in [2.45, 2.75) is 71.1 Å². The molecule has 0 N–H and O–H groups in total. The molecule has 0 saturated heterocycles. The lowest BCUT2D eigenvalue weighted by molar-refractivity contribution is 0.148. The normalized spacial score (nSPS) is 38.3. The monoisotopic (exact) mass is 380 g/mol. The van der Waals surface area contributed by atoms with Crippen LogP contribution in [0.2, 0.25) is 0 Å². The molecular weight excluding hydrogens is 350 g/mol. The second-order valence-electron chi connectivity index (χ2n) is 6.69. The van der Waals surface area contributed by atoms with E-state index in [1.165, 1.54) is 19.0 Å². The van der Waals surface area contributed by atoms with Gasteiger partial charge in [0.15, 0.2) is 0 Å². The third kappa shape index (κ3) is 4.62. The summed E-state index contributed by atoms with van der Waals surface area (Å²) >= 11 is 2.58. The fourth-order valence-electron chi connectivity index (χ4n) is 4.33. The minimum Gasteiger partial charge on any atom is -0.0654 e. The molecule has 18 heavy (non-hydrogen) atoms. The maximum Gasteiger partial charge on any atom is -0.0234 e. The highest BCUT2D eigenvalue weighted by Crippen LogP contribution is 2.43. The Balaban J connectivity index is 1.68. The van der Waals surface area contributed by atoms with E-state index in [4.69, 9.17) is 0 Å². The van der Waals surface area contributed by atoms with Crippen LogP contribution in [0.5, 0.6) is 0 Å². The standard InChI is InChI=1S/C16H30IP/c1-2-3-13-4-8-15(9-5-13)16-10-6-14(7-11-16)12-18-17/h13-16,18H,2-12H2,1H3. The van der Waals surface area contributed by atoms with Crippen molar-refractivity contribution in [2.24, 2.45) is 23.7 Å². The van der Waals surface area contributed by atoms with Crippen LogP contribution in [0.25, 0.3) is 0 Å². The molecule has 2 heteroatoms. The van der Waals surface area contributed by atoms with Crippen LogP contribution in [-0.2, 0) is 0 Å². The van der Waals surface area contributed by atoms with Crippen LogP contribution in [0.15, 0.2) is 0 Å². The van der Waals surface area contributed by atoms with Gasteiger partial charge >= 0.3 is 0 Å². The molecule has 2 aliphatic rings. The van der Waals surface area contributed by atoms with Crippen molar-refractivity contribution in [1.82, 2.24) is 0 Å². The lowest BCUT2D eigenvalue weighted by atomic mass is 9.69. The van der Waals surface area contributed by atoms with Crippen molar-refractivity contribution in [2.75, 3.05) is 6.16 Å². The van der Waals surface area contributed by atoms with Gasteiger partial charge in [0.05, 0.1) is 0 Å². The van der Waals surface area contributed by atoms with Crippen molar-refractivity contribution in [3.05, 3.63) is 0 Å². The highest BCUT2D eigenvalue weighted by atomic mass is 127. The summed E-state index contributed by atoms with van der Waals surface area (Å²) in [5.41, 5.74) is 0. The van der Waals surface area contributed by atoms with Gasteiger partial charge in [-0.1, -0.05) is 60.9 Å². The molecule has 0 radical (unpaired) electrons. The zero-order valence-corrected chi connectivity index (χ0v) is 15.1. The molecule has 2 fully saturated rings. The molecule has 106 valence electrons. The van der Waals surface area contributed by atoms with Crippen molar-refractivity contribution in [3.8, 4) is 0 Å². The summed E-state index contributed by atoms with van der Waals surface area (Å²) in [6.07, 6.45) is 18.0. The fraction of sp³-hybridized carbons (Fsp3) is 1.00. The van der Waals surface area contributed by atoms with Gasteiger partial charge in [0, 0.05) is 0 Å². The van der Waals surface area contributed by atoms with E-state index in [0.29, 0.717) is 0 Å². The molecule has 0 aliphatic heterocycles. The van der Waals surface area contributed by atoms with Crippen molar-refractivity contribution >= 4 is 28.3 Å². The van der Waals surface area contributed by atoms with Crippen molar-refractivity contribution < 1.29 is 0 Å². The fourth-order valence-corrected chi connectivity index (χ4v) is 6.82. The van der Waals surface area contributed by atoms with Crippen LogP contribution in [0.3, 0.4) is 0 Å². The Morgan fingerprint density at radius 2 is 1.33 bits per heavy atom. The summed E-state index contributed by atoms with van der Waals surface area (Å²) in [6, 6.07) is 0. The molecule has 0 spiro atoms. The first-order chi connectivity index (χ1) is 8.83. The third-order valence-electron chi connectivity index (χ3n) is 5.51. The molecule has 0 nitrogen and oxygen atoms in total. The number of hydrogen-bond acceptors (Lipinski definition) is 0. The Hall–Kier alpha value is 1.16. The molecule has 2 rings (SSSR count). The maximum atomic E-state index is 2.58. The van der Waals surface area contributed by atoms with Gasteiger partial charge in [-0.05, 0) is 68.4 Å². The van der Waals surface area contributed by atoms with Crippen LogP contribution < -0.4 is 0 Å². The van der Waals surface area contributed by atoms with E-state index in [2.05, 4.69) is 29.0 Å². The van der Waals surface area contributed by atoms with Gasteiger partial charge in [-0.25, -0.2) is 0 Å². The number of hydrogen-bond donors (Lipinski definition) is 0.